The highest BCUT2D eigenvalue weighted by molar-refractivity contribution is 6.30. The Morgan fingerprint density at radius 2 is 1.94 bits per heavy atom. The number of methoxy groups -OCH3 is 1. The van der Waals surface area contributed by atoms with Crippen molar-refractivity contribution in [2.24, 2.45) is 7.05 Å². The Hall–Kier alpha value is -1.89. The van der Waals surface area contributed by atoms with Crippen LogP contribution in [-0.4, -0.2) is 59.1 Å². The number of hydrogen-bond donors (Lipinski definition) is 0. The second kappa shape index (κ2) is 10.4. The molecule has 4 rings (SSSR count). The van der Waals surface area contributed by atoms with Crippen LogP contribution < -0.4 is 0 Å². The third kappa shape index (κ3) is 5.53. The Morgan fingerprint density at radius 1 is 1.22 bits per heavy atom. The highest BCUT2D eigenvalue weighted by Gasteiger charge is 2.37. The maximum Gasteiger partial charge on any atom is 0.308 e. The number of halogens is 1. The number of aryl methyl sites for hydroxylation is 2. The van der Waals surface area contributed by atoms with E-state index in [0.29, 0.717) is 31.0 Å². The maximum absolute atomic E-state index is 11.9. The molecule has 7 heteroatoms. The molecule has 1 saturated carbocycles. The first kappa shape index (κ1) is 23.3. The number of hydrogen-bond acceptors (Lipinski definition) is 5. The predicted octanol–water partition coefficient (Wildman–Crippen LogP) is 4.28. The smallest absolute Gasteiger partial charge is 0.308 e. The Balaban J connectivity index is 1.44. The van der Waals surface area contributed by atoms with Crippen LogP contribution in [0.25, 0.3) is 0 Å². The zero-order valence-corrected chi connectivity index (χ0v) is 20.1. The van der Waals surface area contributed by atoms with Gasteiger partial charge >= 0.3 is 5.97 Å². The number of carbonyl (C=O) groups is 1. The van der Waals surface area contributed by atoms with Crippen molar-refractivity contribution >= 4 is 17.6 Å². The zero-order valence-electron chi connectivity index (χ0n) is 19.3. The second-order valence-electron chi connectivity index (χ2n) is 9.26. The van der Waals surface area contributed by atoms with E-state index in [2.05, 4.69) is 30.0 Å². The Labute approximate surface area is 195 Å². The van der Waals surface area contributed by atoms with Gasteiger partial charge in [0, 0.05) is 42.3 Å². The summed E-state index contributed by atoms with van der Waals surface area (Å²) in [5, 5.41) is 5.48. The fraction of sp³-hybridized carbons (Fsp3) is 0.600. The van der Waals surface area contributed by atoms with Crippen molar-refractivity contribution in [2.75, 3.05) is 20.3 Å². The van der Waals surface area contributed by atoms with E-state index >= 15 is 0 Å². The molecule has 0 N–H and O–H groups in total. The van der Waals surface area contributed by atoms with E-state index in [0.717, 1.165) is 43.7 Å². The molecule has 0 radical (unpaired) electrons. The van der Waals surface area contributed by atoms with Gasteiger partial charge in [0.1, 0.15) is 0 Å². The fourth-order valence-corrected chi connectivity index (χ4v) is 5.31. The predicted molar refractivity (Wildman–Crippen MR) is 125 cm³/mol. The lowest BCUT2D eigenvalue weighted by molar-refractivity contribution is -0.148. The summed E-state index contributed by atoms with van der Waals surface area (Å²) in [5.74, 6) is 0.327. The van der Waals surface area contributed by atoms with Gasteiger partial charge in [-0.05, 0) is 62.8 Å². The summed E-state index contributed by atoms with van der Waals surface area (Å²) < 4.78 is 13.0. The molecule has 1 aromatic heterocycles. The lowest BCUT2D eigenvalue weighted by atomic mass is 9.82. The van der Waals surface area contributed by atoms with E-state index in [9.17, 15) is 4.79 Å². The molecule has 0 amide bonds. The first-order valence-electron chi connectivity index (χ1n) is 11.6. The first-order chi connectivity index (χ1) is 15.4. The Kier molecular flexibility index (Phi) is 7.54. The van der Waals surface area contributed by atoms with Gasteiger partial charge in [-0.1, -0.05) is 23.7 Å². The van der Waals surface area contributed by atoms with Gasteiger partial charge in [-0.3, -0.25) is 14.4 Å². The van der Waals surface area contributed by atoms with E-state index < -0.39 is 0 Å². The molecule has 1 aromatic carbocycles. The molecular formula is C25H34ClN3O3. The van der Waals surface area contributed by atoms with Gasteiger partial charge in [0.05, 0.1) is 31.9 Å². The molecule has 0 spiro atoms. The molecule has 1 saturated heterocycles. The van der Waals surface area contributed by atoms with E-state index in [1.54, 1.807) is 0 Å². The summed E-state index contributed by atoms with van der Waals surface area (Å²) in [6.07, 6.45) is 5.69. The largest absolute Gasteiger partial charge is 0.469 e. The summed E-state index contributed by atoms with van der Waals surface area (Å²) in [4.78, 5) is 14.5. The molecule has 2 atom stereocenters. The molecule has 174 valence electrons. The number of aromatic nitrogens is 2. The van der Waals surface area contributed by atoms with E-state index in [1.165, 1.54) is 24.1 Å². The lowest BCUT2D eigenvalue weighted by Crippen LogP contribution is -2.55. The molecule has 1 aliphatic carbocycles. The van der Waals surface area contributed by atoms with E-state index in [1.807, 2.05) is 23.9 Å². The van der Waals surface area contributed by atoms with Crippen LogP contribution in [0.1, 0.15) is 55.0 Å². The van der Waals surface area contributed by atoms with E-state index in [-0.39, 0.29) is 12.1 Å². The van der Waals surface area contributed by atoms with Crippen LogP contribution in [0.2, 0.25) is 5.02 Å². The summed E-state index contributed by atoms with van der Waals surface area (Å²) in [7, 11) is 3.45. The van der Waals surface area contributed by atoms with E-state index in [4.69, 9.17) is 26.2 Å². The van der Waals surface area contributed by atoms with Crippen LogP contribution in [-0.2, 0) is 27.7 Å². The summed E-state index contributed by atoms with van der Waals surface area (Å²) in [6.45, 7) is 3.51. The number of benzene rings is 1. The Morgan fingerprint density at radius 3 is 2.56 bits per heavy atom. The number of ether oxygens (including phenoxy) is 2. The summed E-state index contributed by atoms with van der Waals surface area (Å²) in [5.41, 5.74) is 3.70. The molecule has 0 bridgehead atoms. The van der Waals surface area contributed by atoms with Crippen LogP contribution in [0.4, 0.5) is 0 Å². The van der Waals surface area contributed by atoms with Gasteiger partial charge in [0.2, 0.25) is 0 Å². The fourth-order valence-electron chi connectivity index (χ4n) is 5.18. The molecule has 2 aromatic rings. The lowest BCUT2D eigenvalue weighted by Gasteiger charge is -2.46. The molecule has 2 fully saturated rings. The highest BCUT2D eigenvalue weighted by Crippen LogP contribution is 2.36. The van der Waals surface area contributed by atoms with Crippen molar-refractivity contribution in [2.45, 2.75) is 69.6 Å². The van der Waals surface area contributed by atoms with Gasteiger partial charge in [-0.2, -0.15) is 5.10 Å². The van der Waals surface area contributed by atoms with Crippen LogP contribution in [0.15, 0.2) is 30.3 Å². The van der Waals surface area contributed by atoms with Crippen LogP contribution in [0.5, 0.6) is 0 Å². The van der Waals surface area contributed by atoms with Gasteiger partial charge in [-0.15, -0.1) is 0 Å². The second-order valence-corrected chi connectivity index (χ2v) is 9.69. The van der Waals surface area contributed by atoms with Crippen molar-refractivity contribution < 1.29 is 14.3 Å². The normalized spacial score (nSPS) is 26.8. The SMILES string of the molecule is COC(=O)C[C@H]1CN(C2CCC(c3cc(C)n(C)n3)CC2)[C@@H](Cc2ccc(Cl)cc2)CO1. The summed E-state index contributed by atoms with van der Waals surface area (Å²) >= 11 is 6.08. The average molecular weight is 460 g/mol. The number of nitrogens with zero attached hydrogens (tertiary/aromatic N) is 3. The molecule has 2 heterocycles. The highest BCUT2D eigenvalue weighted by atomic mass is 35.5. The van der Waals surface area contributed by atoms with Crippen molar-refractivity contribution in [3.8, 4) is 0 Å². The van der Waals surface area contributed by atoms with Crippen LogP contribution in [0.3, 0.4) is 0 Å². The monoisotopic (exact) mass is 459 g/mol. The van der Waals surface area contributed by atoms with Gasteiger partial charge < -0.3 is 9.47 Å². The number of esters is 1. The van der Waals surface area contributed by atoms with Crippen molar-refractivity contribution in [3.63, 3.8) is 0 Å². The molecule has 2 aliphatic rings. The van der Waals surface area contributed by atoms with Crippen molar-refractivity contribution in [1.82, 2.24) is 14.7 Å². The van der Waals surface area contributed by atoms with Crippen LogP contribution >= 0.6 is 11.6 Å². The van der Waals surface area contributed by atoms with Gasteiger partial charge in [-0.25, -0.2) is 0 Å². The minimum atomic E-state index is -0.208. The van der Waals surface area contributed by atoms with Crippen molar-refractivity contribution in [3.05, 3.63) is 52.3 Å². The molecule has 0 unspecified atom stereocenters. The molecule has 1 aliphatic heterocycles. The quantitative estimate of drug-likeness (QED) is 0.603. The molecular weight excluding hydrogens is 426 g/mol. The average Bonchev–Trinajstić information content (AvgIpc) is 3.14. The molecule has 6 nitrogen and oxygen atoms in total. The minimum absolute atomic E-state index is 0.111. The third-order valence-electron chi connectivity index (χ3n) is 7.13. The van der Waals surface area contributed by atoms with Crippen LogP contribution in [0, 0.1) is 6.92 Å². The van der Waals surface area contributed by atoms with Gasteiger partial charge in [0.15, 0.2) is 0 Å². The number of carbonyl (C=O) groups excluding carboxylic acids is 1. The Bertz CT molecular complexity index is 886. The number of rotatable bonds is 6. The maximum atomic E-state index is 11.9. The topological polar surface area (TPSA) is 56.6 Å². The standard InChI is InChI=1S/C25H34ClN3O3/c1-17-12-24(27-28(17)2)19-6-10-21(11-7-19)29-15-23(14-25(30)31-3)32-16-22(29)13-18-4-8-20(26)9-5-18/h4-5,8-9,12,19,21-23H,6-7,10-11,13-16H2,1-3H3/t19?,21?,22-,23-/m0/s1. The number of morpholine rings is 1. The summed E-state index contributed by atoms with van der Waals surface area (Å²) in [6, 6.07) is 11.1. The zero-order chi connectivity index (χ0) is 22.7. The van der Waals surface area contributed by atoms with Gasteiger partial charge in [0.25, 0.3) is 0 Å². The molecule has 32 heavy (non-hydrogen) atoms. The first-order valence-corrected chi connectivity index (χ1v) is 12.0. The minimum Gasteiger partial charge on any atom is -0.469 e. The van der Waals surface area contributed by atoms with Crippen molar-refractivity contribution in [1.29, 1.82) is 0 Å². The third-order valence-corrected chi connectivity index (χ3v) is 7.38.